The number of hydrogen-bond donors (Lipinski definition) is 0. The third kappa shape index (κ3) is 3.66. The molecule has 1 atom stereocenters. The summed E-state index contributed by atoms with van der Waals surface area (Å²) >= 11 is 3.46. The topological polar surface area (TPSA) is 46.8 Å². The van der Waals surface area contributed by atoms with E-state index in [1.54, 1.807) is 16.7 Å². The first-order chi connectivity index (χ1) is 12.2. The molecule has 0 bridgehead atoms. The summed E-state index contributed by atoms with van der Waals surface area (Å²) in [5.74, 6) is 0. The first-order valence-corrected chi connectivity index (χ1v) is 9.05. The number of pyridine rings is 1. The average Bonchev–Trinajstić information content (AvgIpc) is 2.63. The molecule has 0 saturated carbocycles. The fourth-order valence-electron chi connectivity index (χ4n) is 3.14. The van der Waals surface area contributed by atoms with Gasteiger partial charge in [-0.2, -0.15) is 0 Å². The molecule has 2 aromatic heterocycles. The molecule has 6 heteroatoms. The number of fused-ring (bicyclic) bond motifs is 1. The second-order valence-corrected chi connectivity index (χ2v) is 7.08. The van der Waals surface area contributed by atoms with Crippen LogP contribution in [0, 0.1) is 0 Å². The largest absolute Gasteiger partial charge is 0.371 e. The van der Waals surface area contributed by atoms with Gasteiger partial charge in [-0.3, -0.25) is 14.1 Å². The van der Waals surface area contributed by atoms with Gasteiger partial charge in [0.05, 0.1) is 18.4 Å². The Labute approximate surface area is 154 Å². The van der Waals surface area contributed by atoms with Crippen molar-refractivity contribution in [3.63, 3.8) is 0 Å². The molecule has 5 nitrogen and oxygen atoms in total. The summed E-state index contributed by atoms with van der Waals surface area (Å²) in [5, 5.41) is 0. The van der Waals surface area contributed by atoms with Crippen molar-refractivity contribution < 1.29 is 4.74 Å². The van der Waals surface area contributed by atoms with Crippen LogP contribution < -0.4 is 5.56 Å². The number of aromatic nitrogens is 2. The predicted octanol–water partition coefficient (Wildman–Crippen LogP) is 3.03. The van der Waals surface area contributed by atoms with Crippen LogP contribution in [0.15, 0.2) is 64.0 Å². The number of nitrogens with zero attached hydrogens (tertiary/aromatic N) is 3. The Balaban J connectivity index is 1.52. The zero-order chi connectivity index (χ0) is 17.2. The normalized spacial score (nSPS) is 18.5. The zero-order valence-corrected chi connectivity index (χ0v) is 15.2. The maximum Gasteiger partial charge on any atom is 0.258 e. The van der Waals surface area contributed by atoms with Crippen molar-refractivity contribution in [3.05, 3.63) is 80.8 Å². The summed E-state index contributed by atoms with van der Waals surface area (Å²) < 4.78 is 8.55. The van der Waals surface area contributed by atoms with Gasteiger partial charge in [0, 0.05) is 36.4 Å². The maximum absolute atomic E-state index is 12.2. The van der Waals surface area contributed by atoms with Crippen LogP contribution in [0.5, 0.6) is 0 Å². The highest BCUT2D eigenvalue weighted by molar-refractivity contribution is 9.10. The molecular formula is C19H18BrN3O2. The van der Waals surface area contributed by atoms with Crippen molar-refractivity contribution in [1.29, 1.82) is 0 Å². The first-order valence-electron chi connectivity index (χ1n) is 8.26. The Bertz CT molecular complexity index is 939. The second kappa shape index (κ2) is 7.07. The van der Waals surface area contributed by atoms with E-state index in [4.69, 9.17) is 4.74 Å². The van der Waals surface area contributed by atoms with Gasteiger partial charge in [0.2, 0.25) is 0 Å². The fraction of sp³-hybridized carbons (Fsp3) is 0.263. The van der Waals surface area contributed by atoms with E-state index in [0.29, 0.717) is 18.8 Å². The van der Waals surface area contributed by atoms with E-state index < -0.39 is 0 Å². The lowest BCUT2D eigenvalue weighted by molar-refractivity contribution is -0.0332. The van der Waals surface area contributed by atoms with Gasteiger partial charge >= 0.3 is 0 Å². The summed E-state index contributed by atoms with van der Waals surface area (Å²) in [5.41, 5.74) is 2.60. The monoisotopic (exact) mass is 399 g/mol. The molecule has 1 fully saturated rings. The average molecular weight is 400 g/mol. The Morgan fingerprint density at radius 1 is 1.20 bits per heavy atom. The van der Waals surface area contributed by atoms with Crippen molar-refractivity contribution in [2.75, 3.05) is 19.7 Å². The molecule has 0 aliphatic carbocycles. The lowest BCUT2D eigenvalue weighted by Gasteiger charge is -2.33. The molecule has 4 rings (SSSR count). The lowest BCUT2D eigenvalue weighted by Crippen LogP contribution is -2.38. The Hall–Kier alpha value is -2.02. The van der Waals surface area contributed by atoms with Crippen molar-refractivity contribution in [3.8, 4) is 0 Å². The molecule has 1 saturated heterocycles. The fourth-order valence-corrected chi connectivity index (χ4v) is 3.40. The third-order valence-corrected chi connectivity index (χ3v) is 4.93. The minimum atomic E-state index is -0.0432. The molecule has 0 spiro atoms. The van der Waals surface area contributed by atoms with Gasteiger partial charge in [-0.25, -0.2) is 4.98 Å². The predicted molar refractivity (Wildman–Crippen MR) is 99.6 cm³/mol. The van der Waals surface area contributed by atoms with Crippen LogP contribution in [0.25, 0.3) is 5.65 Å². The smallest absolute Gasteiger partial charge is 0.258 e. The van der Waals surface area contributed by atoms with Gasteiger partial charge in [-0.15, -0.1) is 0 Å². The van der Waals surface area contributed by atoms with Gasteiger partial charge in [-0.1, -0.05) is 34.1 Å². The van der Waals surface area contributed by atoms with E-state index in [-0.39, 0.29) is 11.7 Å². The van der Waals surface area contributed by atoms with Crippen molar-refractivity contribution in [2.24, 2.45) is 0 Å². The SMILES string of the molecule is O=c1cc(CN2CCOC(c3ccc(Br)cc3)C2)nc2ccccn12. The highest BCUT2D eigenvalue weighted by atomic mass is 79.9. The Morgan fingerprint density at radius 2 is 2.04 bits per heavy atom. The van der Waals surface area contributed by atoms with Gasteiger partial charge in [0.25, 0.3) is 5.56 Å². The summed E-state index contributed by atoms with van der Waals surface area (Å²) in [7, 11) is 0. The van der Waals surface area contributed by atoms with Crippen molar-refractivity contribution in [2.45, 2.75) is 12.6 Å². The number of morpholine rings is 1. The summed E-state index contributed by atoms with van der Waals surface area (Å²) in [6.07, 6.45) is 1.79. The van der Waals surface area contributed by atoms with Crippen molar-refractivity contribution >= 4 is 21.6 Å². The molecule has 1 aromatic carbocycles. The zero-order valence-electron chi connectivity index (χ0n) is 13.6. The molecule has 25 heavy (non-hydrogen) atoms. The molecule has 1 aliphatic rings. The quantitative estimate of drug-likeness (QED) is 0.678. The van der Waals surface area contributed by atoms with Crippen LogP contribution in [-0.4, -0.2) is 34.0 Å². The van der Waals surface area contributed by atoms with Crippen LogP contribution in [0.3, 0.4) is 0 Å². The summed E-state index contributed by atoms with van der Waals surface area (Å²) in [6.45, 7) is 2.95. The van der Waals surface area contributed by atoms with Gasteiger partial charge in [0.15, 0.2) is 0 Å². The summed E-state index contributed by atoms with van der Waals surface area (Å²) in [6, 6.07) is 15.4. The van der Waals surface area contributed by atoms with E-state index in [0.717, 1.165) is 23.3 Å². The van der Waals surface area contributed by atoms with Crippen LogP contribution >= 0.6 is 15.9 Å². The third-order valence-electron chi connectivity index (χ3n) is 4.40. The van der Waals surface area contributed by atoms with Crippen molar-refractivity contribution in [1.82, 2.24) is 14.3 Å². The van der Waals surface area contributed by atoms with E-state index in [1.807, 2.05) is 30.3 Å². The number of hydrogen-bond acceptors (Lipinski definition) is 4. The highest BCUT2D eigenvalue weighted by Gasteiger charge is 2.22. The molecule has 1 aliphatic heterocycles. The Kier molecular flexibility index (Phi) is 4.65. The Morgan fingerprint density at radius 3 is 2.88 bits per heavy atom. The lowest BCUT2D eigenvalue weighted by atomic mass is 10.1. The first kappa shape index (κ1) is 16.4. The minimum absolute atomic E-state index is 0.0432. The van der Waals surface area contributed by atoms with Gasteiger partial charge in [-0.05, 0) is 29.8 Å². The molecule has 0 amide bonds. The van der Waals surface area contributed by atoms with E-state index in [1.165, 1.54) is 5.56 Å². The summed E-state index contributed by atoms with van der Waals surface area (Å²) in [4.78, 5) is 19.1. The molecule has 0 radical (unpaired) electrons. The molecular weight excluding hydrogens is 382 g/mol. The number of benzene rings is 1. The molecule has 3 aromatic rings. The standard InChI is InChI=1S/C19H18BrN3O2/c20-15-6-4-14(5-7-15)17-13-22(9-10-25-17)12-16-11-19(24)23-8-2-1-3-18(23)21-16/h1-8,11,17H,9-10,12-13H2. The van der Waals surface area contributed by atoms with Crippen LogP contribution in [0.2, 0.25) is 0 Å². The minimum Gasteiger partial charge on any atom is -0.371 e. The van der Waals surface area contributed by atoms with Gasteiger partial charge < -0.3 is 4.74 Å². The van der Waals surface area contributed by atoms with Gasteiger partial charge in [0.1, 0.15) is 5.65 Å². The highest BCUT2D eigenvalue weighted by Crippen LogP contribution is 2.24. The number of rotatable bonds is 3. The number of ether oxygens (including phenoxy) is 1. The molecule has 0 N–H and O–H groups in total. The second-order valence-electron chi connectivity index (χ2n) is 6.16. The van der Waals surface area contributed by atoms with E-state index in [2.05, 4.69) is 37.9 Å². The van der Waals surface area contributed by atoms with E-state index >= 15 is 0 Å². The van der Waals surface area contributed by atoms with Crippen LogP contribution in [0.4, 0.5) is 0 Å². The molecule has 128 valence electrons. The molecule has 1 unspecified atom stereocenters. The van der Waals surface area contributed by atoms with E-state index in [9.17, 15) is 4.79 Å². The molecule has 3 heterocycles. The maximum atomic E-state index is 12.2. The van der Waals surface area contributed by atoms with Crippen LogP contribution in [-0.2, 0) is 11.3 Å². The number of halogens is 1. The van der Waals surface area contributed by atoms with Crippen LogP contribution in [0.1, 0.15) is 17.4 Å².